The number of halogens is 2. The summed E-state index contributed by atoms with van der Waals surface area (Å²) in [6, 6.07) is 18.6. The van der Waals surface area contributed by atoms with E-state index in [-0.39, 0.29) is 11.5 Å². The maximum absolute atomic E-state index is 14.0. The van der Waals surface area contributed by atoms with E-state index in [1.54, 1.807) is 24.3 Å². The van der Waals surface area contributed by atoms with E-state index in [0.29, 0.717) is 48.1 Å². The molecule has 5 nitrogen and oxygen atoms in total. The minimum atomic E-state index is -0.586. The van der Waals surface area contributed by atoms with Crippen LogP contribution in [0.4, 0.5) is 15.8 Å². The van der Waals surface area contributed by atoms with Crippen LogP contribution in [0.1, 0.15) is 26.3 Å². The van der Waals surface area contributed by atoms with Crippen LogP contribution in [0.25, 0.3) is 0 Å². The molecule has 7 heteroatoms. The van der Waals surface area contributed by atoms with Gasteiger partial charge in [-0.2, -0.15) is 0 Å². The van der Waals surface area contributed by atoms with Gasteiger partial charge in [-0.05, 0) is 43.3 Å². The number of aryl methyl sites for hydroxylation is 1. The second kappa shape index (κ2) is 9.40. The van der Waals surface area contributed by atoms with Gasteiger partial charge >= 0.3 is 0 Å². The molecule has 3 aromatic carbocycles. The highest BCUT2D eigenvalue weighted by atomic mass is 35.5. The van der Waals surface area contributed by atoms with Gasteiger partial charge in [-0.1, -0.05) is 47.5 Å². The number of nitrogens with zero attached hydrogens (tertiary/aromatic N) is 2. The van der Waals surface area contributed by atoms with Gasteiger partial charge < -0.3 is 15.1 Å². The predicted molar refractivity (Wildman–Crippen MR) is 125 cm³/mol. The minimum Gasteiger partial charge on any atom is -0.365 e. The molecule has 0 aliphatic carbocycles. The van der Waals surface area contributed by atoms with Crippen LogP contribution in [0.15, 0.2) is 66.7 Å². The molecule has 4 rings (SSSR count). The maximum Gasteiger partial charge on any atom is 0.258 e. The maximum atomic E-state index is 14.0. The predicted octanol–water partition coefficient (Wildman–Crippen LogP) is 5.00. The van der Waals surface area contributed by atoms with Gasteiger partial charge in [0.15, 0.2) is 0 Å². The van der Waals surface area contributed by atoms with E-state index in [0.717, 1.165) is 5.56 Å². The van der Waals surface area contributed by atoms with Crippen LogP contribution in [-0.2, 0) is 0 Å². The molecule has 1 saturated heterocycles. The van der Waals surface area contributed by atoms with Crippen molar-refractivity contribution in [2.75, 3.05) is 36.4 Å². The summed E-state index contributed by atoms with van der Waals surface area (Å²) in [5, 5.41) is 3.27. The Bertz CT molecular complexity index is 1140. The third kappa shape index (κ3) is 4.60. The molecule has 0 aromatic heterocycles. The fourth-order valence-electron chi connectivity index (χ4n) is 3.78. The molecule has 3 aromatic rings. The van der Waals surface area contributed by atoms with Crippen molar-refractivity contribution >= 4 is 34.8 Å². The lowest BCUT2D eigenvalue weighted by Crippen LogP contribution is -2.49. The largest absolute Gasteiger partial charge is 0.365 e. The van der Waals surface area contributed by atoms with E-state index >= 15 is 0 Å². The number of hydrogen-bond acceptors (Lipinski definition) is 3. The minimum absolute atomic E-state index is 0.00288. The molecular formula is C25H23ClFN3O2. The second-order valence-electron chi connectivity index (χ2n) is 7.72. The number of benzene rings is 3. The summed E-state index contributed by atoms with van der Waals surface area (Å²) < 4.78 is 14.0. The van der Waals surface area contributed by atoms with Crippen LogP contribution >= 0.6 is 11.6 Å². The molecule has 0 atom stereocenters. The Balaban J connectivity index is 1.49. The summed E-state index contributed by atoms with van der Waals surface area (Å²) in [6.07, 6.45) is 0. The van der Waals surface area contributed by atoms with Gasteiger partial charge in [0.25, 0.3) is 11.8 Å². The smallest absolute Gasteiger partial charge is 0.258 e. The summed E-state index contributed by atoms with van der Waals surface area (Å²) in [4.78, 5) is 29.3. The fraction of sp³-hybridized carbons (Fsp3) is 0.200. The van der Waals surface area contributed by atoms with E-state index in [2.05, 4.69) is 5.32 Å². The van der Waals surface area contributed by atoms with Crippen LogP contribution in [0.3, 0.4) is 0 Å². The normalized spacial score (nSPS) is 13.7. The number of para-hydroxylation sites is 1. The zero-order valence-electron chi connectivity index (χ0n) is 17.6. The number of piperazine rings is 1. The van der Waals surface area contributed by atoms with E-state index < -0.39 is 11.7 Å². The van der Waals surface area contributed by atoms with Crippen molar-refractivity contribution in [2.24, 2.45) is 0 Å². The Kier molecular flexibility index (Phi) is 6.42. The number of rotatable bonds is 4. The van der Waals surface area contributed by atoms with Crippen LogP contribution in [0.2, 0.25) is 5.02 Å². The third-order valence-electron chi connectivity index (χ3n) is 5.54. The molecule has 1 N–H and O–H groups in total. The van der Waals surface area contributed by atoms with Crippen molar-refractivity contribution in [3.8, 4) is 0 Å². The number of hydrogen-bond donors (Lipinski definition) is 1. The molecule has 0 spiro atoms. The molecule has 32 heavy (non-hydrogen) atoms. The van der Waals surface area contributed by atoms with Crippen LogP contribution in [0, 0.1) is 12.7 Å². The standard InChI is InChI=1S/C25H23ClFN3O2/c1-17-9-11-18(12-10-17)25(32)30-15-13-29(14-16-30)23-20(26)6-4-8-22(23)28-24(31)19-5-2-3-7-21(19)27/h2-12H,13-16H2,1H3,(H,28,31). The van der Waals surface area contributed by atoms with Crippen LogP contribution in [-0.4, -0.2) is 42.9 Å². The Morgan fingerprint density at radius 1 is 0.906 bits per heavy atom. The molecule has 0 unspecified atom stereocenters. The molecule has 0 saturated carbocycles. The quantitative estimate of drug-likeness (QED) is 0.607. The molecule has 1 aliphatic heterocycles. The van der Waals surface area contributed by atoms with Crippen LogP contribution in [0.5, 0.6) is 0 Å². The van der Waals surface area contributed by atoms with Crippen molar-refractivity contribution < 1.29 is 14.0 Å². The lowest BCUT2D eigenvalue weighted by atomic mass is 10.1. The monoisotopic (exact) mass is 451 g/mol. The van der Waals surface area contributed by atoms with Crippen molar-refractivity contribution in [1.29, 1.82) is 0 Å². The van der Waals surface area contributed by atoms with Gasteiger partial charge in [0.1, 0.15) is 5.82 Å². The van der Waals surface area contributed by atoms with Gasteiger partial charge in [-0.3, -0.25) is 9.59 Å². The summed E-state index contributed by atoms with van der Waals surface area (Å²) >= 11 is 6.49. The highest BCUT2D eigenvalue weighted by Crippen LogP contribution is 2.35. The molecule has 164 valence electrons. The summed E-state index contributed by atoms with van der Waals surface area (Å²) in [5.74, 6) is -1.13. The summed E-state index contributed by atoms with van der Waals surface area (Å²) in [7, 11) is 0. The first kappa shape index (κ1) is 21.8. The number of nitrogens with one attached hydrogen (secondary N) is 1. The van der Waals surface area contributed by atoms with Gasteiger partial charge in [0.05, 0.1) is 22.0 Å². The molecule has 1 heterocycles. The molecule has 1 fully saturated rings. The van der Waals surface area contributed by atoms with Gasteiger partial charge in [0, 0.05) is 31.7 Å². The highest BCUT2D eigenvalue weighted by Gasteiger charge is 2.25. The van der Waals surface area contributed by atoms with E-state index in [1.807, 2.05) is 41.0 Å². The van der Waals surface area contributed by atoms with Crippen LogP contribution < -0.4 is 10.2 Å². The number of anilines is 2. The SMILES string of the molecule is Cc1ccc(C(=O)N2CCN(c3c(Cl)cccc3NC(=O)c3ccccc3F)CC2)cc1. The number of carbonyl (C=O) groups excluding carboxylic acids is 2. The van der Waals surface area contributed by atoms with E-state index in [1.165, 1.54) is 18.2 Å². The van der Waals surface area contributed by atoms with E-state index in [4.69, 9.17) is 11.6 Å². The third-order valence-corrected chi connectivity index (χ3v) is 5.84. The average molecular weight is 452 g/mol. The highest BCUT2D eigenvalue weighted by molar-refractivity contribution is 6.34. The van der Waals surface area contributed by atoms with Crippen molar-refractivity contribution in [3.63, 3.8) is 0 Å². The lowest BCUT2D eigenvalue weighted by Gasteiger charge is -2.37. The summed E-state index contributed by atoms with van der Waals surface area (Å²) in [5.41, 5.74) is 2.91. The molecular weight excluding hydrogens is 429 g/mol. The van der Waals surface area contributed by atoms with Crippen molar-refractivity contribution in [3.05, 3.63) is 94.3 Å². The first-order valence-electron chi connectivity index (χ1n) is 10.4. The van der Waals surface area contributed by atoms with E-state index in [9.17, 15) is 14.0 Å². The number of carbonyl (C=O) groups is 2. The topological polar surface area (TPSA) is 52.7 Å². The Hall–Kier alpha value is -3.38. The lowest BCUT2D eigenvalue weighted by molar-refractivity contribution is 0.0746. The summed E-state index contributed by atoms with van der Waals surface area (Å²) in [6.45, 7) is 4.16. The van der Waals surface area contributed by atoms with Crippen molar-refractivity contribution in [1.82, 2.24) is 4.90 Å². The molecule has 1 aliphatic rings. The molecule has 0 radical (unpaired) electrons. The first-order chi connectivity index (χ1) is 15.4. The average Bonchev–Trinajstić information content (AvgIpc) is 2.80. The number of amides is 2. The second-order valence-corrected chi connectivity index (χ2v) is 8.12. The van der Waals surface area contributed by atoms with Crippen molar-refractivity contribution in [2.45, 2.75) is 6.92 Å². The van der Waals surface area contributed by atoms with Gasteiger partial charge in [-0.25, -0.2) is 4.39 Å². The molecule has 2 amide bonds. The molecule has 0 bridgehead atoms. The van der Waals surface area contributed by atoms with Gasteiger partial charge in [0.2, 0.25) is 0 Å². The Morgan fingerprint density at radius 3 is 2.28 bits per heavy atom. The van der Waals surface area contributed by atoms with Gasteiger partial charge in [-0.15, -0.1) is 0 Å². The zero-order chi connectivity index (χ0) is 22.7. The Labute approximate surface area is 191 Å². The zero-order valence-corrected chi connectivity index (χ0v) is 18.4. The Morgan fingerprint density at radius 2 is 1.59 bits per heavy atom. The first-order valence-corrected chi connectivity index (χ1v) is 10.8. The fourth-order valence-corrected chi connectivity index (χ4v) is 4.08.